The molecule has 3 aromatic rings. The van der Waals surface area contributed by atoms with E-state index in [4.69, 9.17) is 18.9 Å². The number of pyridine rings is 1. The Balaban J connectivity index is 1.93. The molecule has 10 nitrogen and oxygen atoms in total. The molecule has 0 saturated carbocycles. The lowest BCUT2D eigenvalue weighted by atomic mass is 10.0. The Bertz CT molecular complexity index is 1250. The van der Waals surface area contributed by atoms with Gasteiger partial charge in [-0.15, -0.1) is 6.58 Å². The Morgan fingerprint density at radius 3 is 2.31 bits per heavy atom. The SMILES string of the molecule is C=CCNC(=O)NC(=O)COC(=O)c1cc(-c2cc(OC)c(OC)c(OC)c2)nc2ccccc12. The molecule has 2 N–H and O–H groups in total. The number of carbonyl (C=O) groups is 3. The Hall–Kier alpha value is -4.60. The van der Waals surface area contributed by atoms with Gasteiger partial charge in [0.25, 0.3) is 5.91 Å². The van der Waals surface area contributed by atoms with Gasteiger partial charge in [0.1, 0.15) is 0 Å². The Labute approximate surface area is 201 Å². The van der Waals surface area contributed by atoms with E-state index < -0.39 is 24.5 Å². The minimum Gasteiger partial charge on any atom is -0.493 e. The van der Waals surface area contributed by atoms with Crippen LogP contribution >= 0.6 is 0 Å². The van der Waals surface area contributed by atoms with Crippen molar-refractivity contribution in [2.45, 2.75) is 0 Å². The van der Waals surface area contributed by atoms with Crippen molar-refractivity contribution in [1.82, 2.24) is 15.6 Å². The van der Waals surface area contributed by atoms with Gasteiger partial charge in [0.2, 0.25) is 5.75 Å². The molecule has 10 heteroatoms. The highest BCUT2D eigenvalue weighted by atomic mass is 16.5. The number of rotatable bonds is 9. The van der Waals surface area contributed by atoms with Crippen molar-refractivity contribution >= 4 is 28.8 Å². The average Bonchev–Trinajstić information content (AvgIpc) is 2.88. The normalized spacial score (nSPS) is 10.3. The van der Waals surface area contributed by atoms with E-state index in [9.17, 15) is 14.4 Å². The molecular weight excluding hydrogens is 454 g/mol. The molecule has 3 rings (SSSR count). The summed E-state index contributed by atoms with van der Waals surface area (Å²) in [5.41, 5.74) is 1.79. The van der Waals surface area contributed by atoms with E-state index in [0.29, 0.717) is 39.4 Å². The van der Waals surface area contributed by atoms with Crippen LogP contribution in [0.3, 0.4) is 0 Å². The molecule has 182 valence electrons. The number of para-hydroxylation sites is 1. The first-order chi connectivity index (χ1) is 16.9. The summed E-state index contributed by atoms with van der Waals surface area (Å²) in [5, 5.41) is 5.00. The molecule has 1 heterocycles. The predicted molar refractivity (Wildman–Crippen MR) is 129 cm³/mol. The van der Waals surface area contributed by atoms with Crippen LogP contribution in [0.5, 0.6) is 17.2 Å². The number of imide groups is 1. The highest BCUT2D eigenvalue weighted by molar-refractivity contribution is 6.05. The van der Waals surface area contributed by atoms with Gasteiger partial charge in [0.15, 0.2) is 18.1 Å². The largest absolute Gasteiger partial charge is 0.493 e. The van der Waals surface area contributed by atoms with Crippen molar-refractivity contribution in [3.8, 4) is 28.5 Å². The number of esters is 1. The third-order valence-electron chi connectivity index (χ3n) is 4.89. The lowest BCUT2D eigenvalue weighted by molar-refractivity contribution is -0.123. The molecule has 0 radical (unpaired) electrons. The standard InChI is InChI=1S/C25H25N3O7/c1-5-10-26-25(31)28-22(29)14-35-24(30)17-13-19(27-18-9-7-6-8-16(17)18)15-11-20(32-2)23(34-4)21(12-15)33-3/h5-9,11-13H,1,10,14H2,2-4H3,(H2,26,28,29,31). The fourth-order valence-electron chi connectivity index (χ4n) is 3.30. The van der Waals surface area contributed by atoms with Gasteiger partial charge in [-0.05, 0) is 24.3 Å². The van der Waals surface area contributed by atoms with E-state index in [1.807, 2.05) is 0 Å². The van der Waals surface area contributed by atoms with E-state index >= 15 is 0 Å². The van der Waals surface area contributed by atoms with Crippen LogP contribution in [0.25, 0.3) is 22.2 Å². The third-order valence-corrected chi connectivity index (χ3v) is 4.89. The van der Waals surface area contributed by atoms with E-state index in [2.05, 4.69) is 22.2 Å². The van der Waals surface area contributed by atoms with E-state index in [1.54, 1.807) is 42.5 Å². The number of nitrogens with one attached hydrogen (secondary N) is 2. The predicted octanol–water partition coefficient (Wildman–Crippen LogP) is 3.10. The van der Waals surface area contributed by atoms with Crippen molar-refractivity contribution in [3.05, 3.63) is 60.7 Å². The van der Waals surface area contributed by atoms with Crippen LogP contribution in [-0.2, 0) is 9.53 Å². The molecule has 35 heavy (non-hydrogen) atoms. The van der Waals surface area contributed by atoms with E-state index in [1.165, 1.54) is 27.4 Å². The van der Waals surface area contributed by atoms with Gasteiger partial charge in [-0.3, -0.25) is 10.1 Å². The van der Waals surface area contributed by atoms with Crippen LogP contribution in [0.4, 0.5) is 4.79 Å². The molecule has 0 aliphatic heterocycles. The number of urea groups is 1. The first-order valence-corrected chi connectivity index (χ1v) is 10.5. The molecular formula is C25H25N3O7. The van der Waals surface area contributed by atoms with Crippen LogP contribution in [0, 0.1) is 0 Å². The smallest absolute Gasteiger partial charge is 0.339 e. The number of aromatic nitrogens is 1. The molecule has 0 spiro atoms. The zero-order chi connectivity index (χ0) is 25.4. The maximum atomic E-state index is 12.9. The molecule has 0 unspecified atom stereocenters. The summed E-state index contributed by atoms with van der Waals surface area (Å²) >= 11 is 0. The summed E-state index contributed by atoms with van der Waals surface area (Å²) in [6.45, 7) is 3.01. The number of benzene rings is 2. The maximum Gasteiger partial charge on any atom is 0.339 e. The van der Waals surface area contributed by atoms with Gasteiger partial charge in [0, 0.05) is 17.5 Å². The van der Waals surface area contributed by atoms with Crippen LogP contribution in [0.1, 0.15) is 10.4 Å². The zero-order valence-electron chi connectivity index (χ0n) is 19.5. The second-order valence-electron chi connectivity index (χ2n) is 7.11. The highest BCUT2D eigenvalue weighted by Gasteiger charge is 2.20. The number of methoxy groups -OCH3 is 3. The molecule has 1 aromatic heterocycles. The van der Waals surface area contributed by atoms with Gasteiger partial charge in [0.05, 0.1) is 38.1 Å². The molecule has 2 aromatic carbocycles. The van der Waals surface area contributed by atoms with Crippen LogP contribution < -0.4 is 24.8 Å². The first kappa shape index (κ1) is 25.0. The summed E-state index contributed by atoms with van der Waals surface area (Å²) in [5.74, 6) is -0.260. The number of hydrogen-bond acceptors (Lipinski definition) is 8. The van der Waals surface area contributed by atoms with Gasteiger partial charge in [-0.25, -0.2) is 14.6 Å². The van der Waals surface area contributed by atoms with E-state index in [0.717, 1.165) is 0 Å². The summed E-state index contributed by atoms with van der Waals surface area (Å²) in [7, 11) is 4.50. The first-order valence-electron chi connectivity index (χ1n) is 10.5. The molecule has 3 amide bonds. The molecule has 0 atom stereocenters. The fourth-order valence-corrected chi connectivity index (χ4v) is 3.30. The lowest BCUT2D eigenvalue weighted by Crippen LogP contribution is -2.41. The van der Waals surface area contributed by atoms with Crippen molar-refractivity contribution in [2.24, 2.45) is 0 Å². The topological polar surface area (TPSA) is 125 Å². The second-order valence-corrected chi connectivity index (χ2v) is 7.11. The molecule has 0 bridgehead atoms. The van der Waals surface area contributed by atoms with Crippen LogP contribution in [-0.4, -0.2) is 57.4 Å². The maximum absolute atomic E-state index is 12.9. The highest BCUT2D eigenvalue weighted by Crippen LogP contribution is 2.41. The number of hydrogen-bond donors (Lipinski definition) is 2. The Kier molecular flexibility index (Phi) is 8.23. The number of ether oxygens (including phenoxy) is 4. The second kappa shape index (κ2) is 11.5. The Morgan fingerprint density at radius 1 is 1.00 bits per heavy atom. The monoisotopic (exact) mass is 479 g/mol. The van der Waals surface area contributed by atoms with Crippen molar-refractivity contribution in [2.75, 3.05) is 34.5 Å². The van der Waals surface area contributed by atoms with Crippen LogP contribution in [0.15, 0.2) is 55.1 Å². The van der Waals surface area contributed by atoms with Crippen LogP contribution in [0.2, 0.25) is 0 Å². The molecule has 0 aliphatic rings. The van der Waals surface area contributed by atoms with Gasteiger partial charge < -0.3 is 24.3 Å². The third kappa shape index (κ3) is 5.85. The summed E-state index contributed by atoms with van der Waals surface area (Å²) < 4.78 is 21.4. The minimum atomic E-state index is -0.775. The number of nitrogens with zero attached hydrogens (tertiary/aromatic N) is 1. The molecule has 0 saturated heterocycles. The van der Waals surface area contributed by atoms with Gasteiger partial charge in [-0.2, -0.15) is 0 Å². The lowest BCUT2D eigenvalue weighted by Gasteiger charge is -2.15. The summed E-state index contributed by atoms with van der Waals surface area (Å²) in [6, 6.07) is 11.3. The quantitative estimate of drug-likeness (QED) is 0.354. The van der Waals surface area contributed by atoms with Gasteiger partial charge >= 0.3 is 12.0 Å². The summed E-state index contributed by atoms with van der Waals surface area (Å²) in [6.07, 6.45) is 1.46. The van der Waals surface area contributed by atoms with Gasteiger partial charge in [-0.1, -0.05) is 24.3 Å². The Morgan fingerprint density at radius 2 is 1.69 bits per heavy atom. The number of carbonyl (C=O) groups excluding carboxylic acids is 3. The van der Waals surface area contributed by atoms with Crippen molar-refractivity contribution < 1.29 is 33.3 Å². The summed E-state index contributed by atoms with van der Waals surface area (Å²) in [4.78, 5) is 41.2. The number of amides is 3. The number of fused-ring (bicyclic) bond motifs is 1. The minimum absolute atomic E-state index is 0.186. The average molecular weight is 479 g/mol. The fraction of sp³-hybridized carbons (Fsp3) is 0.200. The molecule has 0 fully saturated rings. The van der Waals surface area contributed by atoms with Crippen molar-refractivity contribution in [1.29, 1.82) is 0 Å². The molecule has 0 aliphatic carbocycles. The van der Waals surface area contributed by atoms with Crippen molar-refractivity contribution in [3.63, 3.8) is 0 Å². The van der Waals surface area contributed by atoms with E-state index in [-0.39, 0.29) is 12.1 Å². The zero-order valence-corrected chi connectivity index (χ0v) is 19.5.